The second kappa shape index (κ2) is 9.56. The van der Waals surface area contributed by atoms with E-state index in [1.807, 2.05) is 13.0 Å². The Bertz CT molecular complexity index is 761. The van der Waals surface area contributed by atoms with Gasteiger partial charge in [0, 0.05) is 37.9 Å². The quantitative estimate of drug-likeness (QED) is 0.648. The van der Waals surface area contributed by atoms with Crippen molar-refractivity contribution in [2.45, 2.75) is 26.7 Å². The van der Waals surface area contributed by atoms with Crippen LogP contribution in [0, 0.1) is 6.92 Å². The van der Waals surface area contributed by atoms with Crippen LogP contribution in [0.4, 0.5) is 11.8 Å². The molecule has 0 unspecified atom stereocenters. The van der Waals surface area contributed by atoms with E-state index >= 15 is 0 Å². The monoisotopic (exact) mass is 391 g/mol. The molecule has 1 fully saturated rings. The number of ether oxygens (including phenoxy) is 1. The molecule has 2 aromatic heterocycles. The van der Waals surface area contributed by atoms with E-state index in [2.05, 4.69) is 42.0 Å². The van der Waals surface area contributed by atoms with Crippen LogP contribution >= 0.6 is 11.5 Å². The molecule has 0 atom stereocenters. The minimum absolute atomic E-state index is 0.130. The highest BCUT2D eigenvalue weighted by Crippen LogP contribution is 2.16. The molecule has 0 spiro atoms. The smallest absolute Gasteiger partial charge is 0.265 e. The van der Waals surface area contributed by atoms with Crippen molar-refractivity contribution in [1.29, 1.82) is 0 Å². The molecule has 1 aliphatic rings. The number of aryl methyl sites for hydroxylation is 2. The topological polar surface area (TPSA) is 105 Å². The summed E-state index contributed by atoms with van der Waals surface area (Å²) in [5, 5.41) is 10.1. The number of aromatic nitrogens is 4. The Labute approximate surface area is 162 Å². The first kappa shape index (κ1) is 19.4. The van der Waals surface area contributed by atoms with Gasteiger partial charge < -0.3 is 20.3 Å². The number of morpholine rings is 1. The van der Waals surface area contributed by atoms with Crippen LogP contribution in [0.1, 0.15) is 34.4 Å². The van der Waals surface area contributed by atoms with Crippen LogP contribution in [0.2, 0.25) is 0 Å². The summed E-state index contributed by atoms with van der Waals surface area (Å²) in [6, 6.07) is 1.98. The van der Waals surface area contributed by atoms with Crippen molar-refractivity contribution in [3.63, 3.8) is 0 Å². The van der Waals surface area contributed by atoms with Gasteiger partial charge in [-0.05, 0) is 24.9 Å². The van der Waals surface area contributed by atoms with E-state index in [1.54, 1.807) is 0 Å². The zero-order valence-corrected chi connectivity index (χ0v) is 16.5. The predicted octanol–water partition coefficient (Wildman–Crippen LogP) is 1.27. The van der Waals surface area contributed by atoms with Gasteiger partial charge in [0.2, 0.25) is 5.95 Å². The lowest BCUT2D eigenvalue weighted by Crippen LogP contribution is -2.37. The molecule has 0 bridgehead atoms. The van der Waals surface area contributed by atoms with E-state index in [0.29, 0.717) is 37.1 Å². The minimum Gasteiger partial charge on any atom is -0.378 e. The van der Waals surface area contributed by atoms with E-state index in [4.69, 9.17) is 4.74 Å². The van der Waals surface area contributed by atoms with E-state index in [1.165, 1.54) is 0 Å². The third kappa shape index (κ3) is 5.33. The van der Waals surface area contributed by atoms with Gasteiger partial charge in [-0.3, -0.25) is 4.79 Å². The molecule has 10 heteroatoms. The molecule has 0 radical (unpaired) electrons. The van der Waals surface area contributed by atoms with E-state index in [0.717, 1.165) is 54.7 Å². The lowest BCUT2D eigenvalue weighted by molar-refractivity contribution is 0.0958. The highest BCUT2D eigenvalue weighted by Gasteiger charge is 2.16. The van der Waals surface area contributed by atoms with Crippen molar-refractivity contribution in [3.8, 4) is 0 Å². The Morgan fingerprint density at radius 3 is 2.89 bits per heavy atom. The first-order valence-corrected chi connectivity index (χ1v) is 9.96. The third-order valence-corrected chi connectivity index (χ3v) is 4.89. The second-order valence-electron chi connectivity index (χ2n) is 6.27. The SMILES string of the molecule is CCCc1nnsc1C(=O)NCCNc1nc(C)cc(N2CCOCC2)n1. The van der Waals surface area contributed by atoms with Crippen molar-refractivity contribution < 1.29 is 9.53 Å². The fourth-order valence-corrected chi connectivity index (χ4v) is 3.42. The number of amides is 1. The van der Waals surface area contributed by atoms with Crippen molar-refractivity contribution in [1.82, 2.24) is 24.9 Å². The molecule has 0 aromatic carbocycles. The molecule has 0 aliphatic carbocycles. The number of hydrogen-bond donors (Lipinski definition) is 2. The Morgan fingerprint density at radius 1 is 1.30 bits per heavy atom. The predicted molar refractivity (Wildman–Crippen MR) is 105 cm³/mol. The van der Waals surface area contributed by atoms with E-state index in [9.17, 15) is 4.79 Å². The summed E-state index contributed by atoms with van der Waals surface area (Å²) in [7, 11) is 0. The van der Waals surface area contributed by atoms with E-state index in [-0.39, 0.29) is 5.91 Å². The fraction of sp³-hybridized carbons (Fsp3) is 0.588. The Balaban J connectivity index is 1.50. The number of hydrogen-bond acceptors (Lipinski definition) is 9. The van der Waals surface area contributed by atoms with Gasteiger partial charge in [0.1, 0.15) is 10.7 Å². The summed E-state index contributed by atoms with van der Waals surface area (Å²) in [6.07, 6.45) is 1.70. The first-order valence-electron chi connectivity index (χ1n) is 9.19. The first-order chi connectivity index (χ1) is 13.2. The fourth-order valence-electron chi connectivity index (χ4n) is 2.80. The lowest BCUT2D eigenvalue weighted by atomic mass is 10.2. The maximum absolute atomic E-state index is 12.3. The highest BCUT2D eigenvalue weighted by atomic mass is 32.1. The second-order valence-corrected chi connectivity index (χ2v) is 7.03. The van der Waals surface area contributed by atoms with Gasteiger partial charge in [0.25, 0.3) is 5.91 Å². The molecule has 27 heavy (non-hydrogen) atoms. The van der Waals surface area contributed by atoms with Gasteiger partial charge in [-0.15, -0.1) is 5.10 Å². The maximum atomic E-state index is 12.3. The number of carbonyl (C=O) groups excluding carboxylic acids is 1. The Hall–Kier alpha value is -2.33. The highest BCUT2D eigenvalue weighted by molar-refractivity contribution is 7.08. The third-order valence-electron chi connectivity index (χ3n) is 4.12. The zero-order chi connectivity index (χ0) is 19.1. The van der Waals surface area contributed by atoms with Crippen LogP contribution in [0.25, 0.3) is 0 Å². The largest absolute Gasteiger partial charge is 0.378 e. The summed E-state index contributed by atoms with van der Waals surface area (Å²) >= 11 is 1.14. The zero-order valence-electron chi connectivity index (χ0n) is 15.7. The molecule has 9 nitrogen and oxygen atoms in total. The normalized spacial score (nSPS) is 14.2. The molecular formula is C17H25N7O2S. The molecule has 3 rings (SSSR count). The van der Waals surface area contributed by atoms with Crippen LogP contribution < -0.4 is 15.5 Å². The summed E-state index contributed by atoms with van der Waals surface area (Å²) in [5.41, 5.74) is 1.67. The average Bonchev–Trinajstić information content (AvgIpc) is 3.14. The van der Waals surface area contributed by atoms with Crippen LogP contribution in [-0.4, -0.2) is 64.9 Å². The molecular weight excluding hydrogens is 366 g/mol. The van der Waals surface area contributed by atoms with Gasteiger partial charge in [-0.1, -0.05) is 17.8 Å². The summed E-state index contributed by atoms with van der Waals surface area (Å²) in [4.78, 5) is 24.1. The Kier molecular flexibility index (Phi) is 6.88. The van der Waals surface area contributed by atoms with Gasteiger partial charge in [-0.25, -0.2) is 4.98 Å². The van der Waals surface area contributed by atoms with E-state index < -0.39 is 0 Å². The summed E-state index contributed by atoms with van der Waals surface area (Å²) in [6.45, 7) is 8.08. The molecule has 2 aromatic rings. The molecule has 1 aliphatic heterocycles. The maximum Gasteiger partial charge on any atom is 0.265 e. The van der Waals surface area contributed by atoms with Gasteiger partial charge in [0.15, 0.2) is 0 Å². The number of carbonyl (C=O) groups is 1. The lowest BCUT2D eigenvalue weighted by Gasteiger charge is -2.28. The van der Waals surface area contributed by atoms with Crippen LogP contribution in [0.5, 0.6) is 0 Å². The van der Waals surface area contributed by atoms with Gasteiger partial charge >= 0.3 is 0 Å². The summed E-state index contributed by atoms with van der Waals surface area (Å²) < 4.78 is 9.27. The van der Waals surface area contributed by atoms with Crippen molar-refractivity contribution in [2.75, 3.05) is 49.6 Å². The molecule has 146 valence electrons. The standard InChI is InChI=1S/C17H25N7O2S/c1-3-4-13-15(27-23-22-13)16(25)18-5-6-19-17-20-12(2)11-14(21-17)24-7-9-26-10-8-24/h11H,3-10H2,1-2H3,(H,18,25)(H,19,20,21). The van der Waals surface area contributed by atoms with Gasteiger partial charge in [0.05, 0.1) is 18.9 Å². The minimum atomic E-state index is -0.130. The Morgan fingerprint density at radius 2 is 2.11 bits per heavy atom. The molecule has 3 heterocycles. The van der Waals surface area contributed by atoms with Crippen LogP contribution in [0.15, 0.2) is 6.07 Å². The number of rotatable bonds is 8. The van der Waals surface area contributed by atoms with Crippen molar-refractivity contribution in [2.24, 2.45) is 0 Å². The number of nitrogens with one attached hydrogen (secondary N) is 2. The number of nitrogens with zero attached hydrogens (tertiary/aromatic N) is 5. The summed E-state index contributed by atoms with van der Waals surface area (Å²) in [5.74, 6) is 1.34. The van der Waals surface area contributed by atoms with Gasteiger partial charge in [-0.2, -0.15) is 4.98 Å². The number of anilines is 2. The van der Waals surface area contributed by atoms with Crippen molar-refractivity contribution in [3.05, 3.63) is 22.3 Å². The molecule has 1 amide bonds. The molecule has 1 saturated heterocycles. The van der Waals surface area contributed by atoms with Crippen LogP contribution in [0.3, 0.4) is 0 Å². The molecule has 2 N–H and O–H groups in total. The van der Waals surface area contributed by atoms with Crippen molar-refractivity contribution >= 4 is 29.2 Å². The van der Waals surface area contributed by atoms with Crippen LogP contribution in [-0.2, 0) is 11.2 Å². The average molecular weight is 392 g/mol. The molecule has 0 saturated carbocycles.